The molecule has 0 saturated heterocycles. The standard InChI is InChI=1S/C13H30N2O/c1-7-15(9-10-16-8-2)11-13(4,5)12(3)14-6/h12,14H,7-11H2,1-6H3. The molecule has 16 heavy (non-hydrogen) atoms. The molecule has 0 saturated carbocycles. The smallest absolute Gasteiger partial charge is 0.0593 e. The zero-order valence-electron chi connectivity index (χ0n) is 12.0. The molecule has 0 aromatic rings. The Hall–Kier alpha value is -0.120. The van der Waals surface area contributed by atoms with Crippen LogP contribution < -0.4 is 5.32 Å². The summed E-state index contributed by atoms with van der Waals surface area (Å²) in [5.74, 6) is 0. The molecule has 1 N–H and O–H groups in total. The van der Waals surface area contributed by atoms with Crippen molar-refractivity contribution in [1.29, 1.82) is 0 Å². The summed E-state index contributed by atoms with van der Waals surface area (Å²) in [4.78, 5) is 2.46. The Bertz CT molecular complexity index is 171. The van der Waals surface area contributed by atoms with Gasteiger partial charge in [-0.3, -0.25) is 0 Å². The molecule has 0 spiro atoms. The molecule has 0 heterocycles. The lowest BCUT2D eigenvalue weighted by atomic mass is 9.85. The second kappa shape index (κ2) is 8.04. The van der Waals surface area contributed by atoms with Crippen LogP contribution in [-0.2, 0) is 4.74 Å². The van der Waals surface area contributed by atoms with Gasteiger partial charge in [-0.05, 0) is 32.9 Å². The van der Waals surface area contributed by atoms with Gasteiger partial charge in [0, 0.05) is 25.7 Å². The van der Waals surface area contributed by atoms with Crippen molar-refractivity contribution in [3.8, 4) is 0 Å². The second-order valence-corrected chi connectivity index (χ2v) is 5.06. The summed E-state index contributed by atoms with van der Waals surface area (Å²) in [6.07, 6.45) is 0. The van der Waals surface area contributed by atoms with Gasteiger partial charge in [0.25, 0.3) is 0 Å². The van der Waals surface area contributed by atoms with Gasteiger partial charge in [-0.25, -0.2) is 0 Å². The van der Waals surface area contributed by atoms with Gasteiger partial charge >= 0.3 is 0 Å². The summed E-state index contributed by atoms with van der Waals surface area (Å²) in [5.41, 5.74) is 0.289. The number of likely N-dealkylation sites (N-methyl/N-ethyl adjacent to an activating group) is 1. The first-order chi connectivity index (χ1) is 7.47. The van der Waals surface area contributed by atoms with E-state index < -0.39 is 0 Å². The molecular formula is C13H30N2O. The van der Waals surface area contributed by atoms with E-state index in [1.807, 2.05) is 14.0 Å². The highest BCUT2D eigenvalue weighted by molar-refractivity contribution is 4.82. The monoisotopic (exact) mass is 230 g/mol. The zero-order valence-corrected chi connectivity index (χ0v) is 12.0. The molecule has 0 aliphatic carbocycles. The summed E-state index contributed by atoms with van der Waals surface area (Å²) in [6.45, 7) is 16.0. The van der Waals surface area contributed by atoms with Crippen molar-refractivity contribution in [2.45, 2.75) is 40.7 Å². The van der Waals surface area contributed by atoms with Crippen LogP contribution in [0.25, 0.3) is 0 Å². The Kier molecular flexibility index (Phi) is 7.98. The van der Waals surface area contributed by atoms with Crippen molar-refractivity contribution in [1.82, 2.24) is 10.2 Å². The van der Waals surface area contributed by atoms with Gasteiger partial charge in [0.2, 0.25) is 0 Å². The molecule has 0 bridgehead atoms. The van der Waals surface area contributed by atoms with Crippen molar-refractivity contribution in [2.24, 2.45) is 5.41 Å². The molecule has 0 aliphatic heterocycles. The van der Waals surface area contributed by atoms with E-state index >= 15 is 0 Å². The molecule has 0 aliphatic rings. The maximum Gasteiger partial charge on any atom is 0.0593 e. The van der Waals surface area contributed by atoms with E-state index in [9.17, 15) is 0 Å². The molecule has 0 aromatic heterocycles. The summed E-state index contributed by atoms with van der Waals surface area (Å²) in [6, 6.07) is 0.522. The van der Waals surface area contributed by atoms with Crippen molar-refractivity contribution in [3.05, 3.63) is 0 Å². The fourth-order valence-corrected chi connectivity index (χ4v) is 1.79. The number of rotatable bonds is 9. The van der Waals surface area contributed by atoms with Gasteiger partial charge in [-0.2, -0.15) is 0 Å². The highest BCUT2D eigenvalue weighted by atomic mass is 16.5. The fraction of sp³-hybridized carbons (Fsp3) is 1.00. The highest BCUT2D eigenvalue weighted by Gasteiger charge is 2.26. The molecule has 1 unspecified atom stereocenters. The first-order valence-corrected chi connectivity index (χ1v) is 6.45. The third-order valence-electron chi connectivity index (χ3n) is 3.44. The predicted molar refractivity (Wildman–Crippen MR) is 70.9 cm³/mol. The van der Waals surface area contributed by atoms with Crippen LogP contribution in [-0.4, -0.2) is 50.8 Å². The molecule has 0 aromatic carbocycles. The summed E-state index contributed by atoms with van der Waals surface area (Å²) >= 11 is 0. The molecule has 0 radical (unpaired) electrons. The van der Waals surface area contributed by atoms with E-state index in [2.05, 4.69) is 37.9 Å². The van der Waals surface area contributed by atoms with Crippen LogP contribution in [0.1, 0.15) is 34.6 Å². The van der Waals surface area contributed by atoms with Gasteiger partial charge in [-0.15, -0.1) is 0 Å². The first-order valence-electron chi connectivity index (χ1n) is 6.45. The minimum absolute atomic E-state index is 0.289. The van der Waals surface area contributed by atoms with Crippen molar-refractivity contribution in [3.63, 3.8) is 0 Å². The summed E-state index contributed by atoms with van der Waals surface area (Å²) < 4.78 is 5.41. The number of ether oxygens (including phenoxy) is 1. The molecule has 98 valence electrons. The Morgan fingerprint density at radius 1 is 1.31 bits per heavy atom. The quantitative estimate of drug-likeness (QED) is 0.613. The largest absolute Gasteiger partial charge is 0.380 e. The van der Waals surface area contributed by atoms with Crippen LogP contribution in [0.4, 0.5) is 0 Å². The van der Waals surface area contributed by atoms with E-state index in [0.717, 1.165) is 32.8 Å². The summed E-state index contributed by atoms with van der Waals surface area (Å²) in [7, 11) is 2.03. The number of hydrogen-bond acceptors (Lipinski definition) is 3. The third-order valence-corrected chi connectivity index (χ3v) is 3.44. The van der Waals surface area contributed by atoms with E-state index in [0.29, 0.717) is 6.04 Å². The fourth-order valence-electron chi connectivity index (χ4n) is 1.79. The van der Waals surface area contributed by atoms with Crippen LogP contribution in [0.3, 0.4) is 0 Å². The molecular weight excluding hydrogens is 200 g/mol. The SMILES string of the molecule is CCOCCN(CC)CC(C)(C)C(C)NC. The van der Waals surface area contributed by atoms with E-state index in [4.69, 9.17) is 4.74 Å². The first kappa shape index (κ1) is 15.9. The minimum atomic E-state index is 0.289. The van der Waals surface area contributed by atoms with Crippen LogP contribution in [0.2, 0.25) is 0 Å². The van der Waals surface area contributed by atoms with E-state index in [1.54, 1.807) is 0 Å². The molecule has 0 fully saturated rings. The number of nitrogens with one attached hydrogen (secondary N) is 1. The normalized spacial score (nSPS) is 14.4. The Morgan fingerprint density at radius 3 is 2.38 bits per heavy atom. The zero-order chi connectivity index (χ0) is 12.6. The Labute approximate surface area is 102 Å². The van der Waals surface area contributed by atoms with Gasteiger partial charge < -0.3 is 15.0 Å². The predicted octanol–water partition coefficient (Wildman–Crippen LogP) is 1.98. The van der Waals surface area contributed by atoms with Crippen molar-refractivity contribution < 1.29 is 4.74 Å². The second-order valence-electron chi connectivity index (χ2n) is 5.06. The summed E-state index contributed by atoms with van der Waals surface area (Å²) in [5, 5.41) is 3.34. The van der Waals surface area contributed by atoms with Crippen molar-refractivity contribution >= 4 is 0 Å². The van der Waals surface area contributed by atoms with Crippen LogP contribution >= 0.6 is 0 Å². The lowest BCUT2D eigenvalue weighted by Crippen LogP contribution is -2.46. The molecule has 3 heteroatoms. The average molecular weight is 230 g/mol. The molecule has 1 atom stereocenters. The third kappa shape index (κ3) is 5.83. The Balaban J connectivity index is 4.08. The maximum absolute atomic E-state index is 5.41. The van der Waals surface area contributed by atoms with E-state index in [-0.39, 0.29) is 5.41 Å². The Morgan fingerprint density at radius 2 is 1.94 bits per heavy atom. The topological polar surface area (TPSA) is 24.5 Å². The van der Waals surface area contributed by atoms with E-state index in [1.165, 1.54) is 0 Å². The van der Waals surface area contributed by atoms with Crippen LogP contribution in [0.5, 0.6) is 0 Å². The highest BCUT2D eigenvalue weighted by Crippen LogP contribution is 2.21. The molecule has 0 rings (SSSR count). The number of nitrogens with zero attached hydrogens (tertiary/aromatic N) is 1. The lowest BCUT2D eigenvalue weighted by molar-refractivity contribution is 0.0889. The van der Waals surface area contributed by atoms with Gasteiger partial charge in [0.15, 0.2) is 0 Å². The minimum Gasteiger partial charge on any atom is -0.380 e. The maximum atomic E-state index is 5.41. The van der Waals surface area contributed by atoms with Crippen LogP contribution in [0, 0.1) is 5.41 Å². The molecule has 0 amide bonds. The van der Waals surface area contributed by atoms with Gasteiger partial charge in [0.05, 0.1) is 6.61 Å². The number of hydrogen-bond donors (Lipinski definition) is 1. The van der Waals surface area contributed by atoms with Gasteiger partial charge in [0.1, 0.15) is 0 Å². The van der Waals surface area contributed by atoms with Gasteiger partial charge in [-0.1, -0.05) is 20.8 Å². The van der Waals surface area contributed by atoms with Crippen LogP contribution in [0.15, 0.2) is 0 Å². The lowest BCUT2D eigenvalue weighted by Gasteiger charge is -2.36. The van der Waals surface area contributed by atoms with Crippen molar-refractivity contribution in [2.75, 3.05) is 39.9 Å². The average Bonchev–Trinajstić information content (AvgIpc) is 2.26. The molecule has 3 nitrogen and oxygen atoms in total.